The summed E-state index contributed by atoms with van der Waals surface area (Å²) in [4.78, 5) is 2.42. The Kier molecular flexibility index (Phi) is 4.91. The van der Waals surface area contributed by atoms with Gasteiger partial charge in [-0.15, -0.1) is 0 Å². The highest BCUT2D eigenvalue weighted by molar-refractivity contribution is 4.90. The van der Waals surface area contributed by atoms with E-state index in [1.807, 2.05) is 20.8 Å². The van der Waals surface area contributed by atoms with Crippen LogP contribution in [0, 0.1) is 5.41 Å². The second kappa shape index (κ2) is 6.11. The van der Waals surface area contributed by atoms with E-state index in [4.69, 9.17) is 4.74 Å². The molecule has 3 nitrogen and oxygen atoms in total. The van der Waals surface area contributed by atoms with Crippen molar-refractivity contribution in [2.45, 2.75) is 71.0 Å². The summed E-state index contributed by atoms with van der Waals surface area (Å²) in [6.07, 6.45) is 8.06. The standard InChI is InChI=1S/C16H31NO2/c1-15(2,3)19-13-14(18)12-17-10-8-16(9-11-17)6-4-5-7-16/h14,18H,4-13H2,1-3H3. The number of nitrogens with zero attached hydrogens (tertiary/aromatic N) is 1. The number of aliphatic hydroxyl groups is 1. The van der Waals surface area contributed by atoms with Gasteiger partial charge in [0, 0.05) is 6.54 Å². The van der Waals surface area contributed by atoms with E-state index in [2.05, 4.69) is 4.90 Å². The smallest absolute Gasteiger partial charge is 0.0900 e. The number of ether oxygens (including phenoxy) is 1. The third kappa shape index (κ3) is 4.73. The molecule has 19 heavy (non-hydrogen) atoms. The van der Waals surface area contributed by atoms with E-state index in [1.54, 1.807) is 0 Å². The van der Waals surface area contributed by atoms with Gasteiger partial charge in [0.15, 0.2) is 0 Å². The van der Waals surface area contributed by atoms with Crippen LogP contribution in [-0.2, 0) is 4.74 Å². The Hall–Kier alpha value is -0.120. The van der Waals surface area contributed by atoms with Gasteiger partial charge in [-0.25, -0.2) is 0 Å². The zero-order chi connectivity index (χ0) is 13.9. The predicted octanol–water partition coefficient (Wildman–Crippen LogP) is 2.82. The molecule has 1 atom stereocenters. The minimum absolute atomic E-state index is 0.156. The average Bonchev–Trinajstić information content (AvgIpc) is 2.78. The quantitative estimate of drug-likeness (QED) is 0.852. The van der Waals surface area contributed by atoms with E-state index in [0.717, 1.165) is 19.6 Å². The Morgan fingerprint density at radius 1 is 1.11 bits per heavy atom. The number of rotatable bonds is 4. The molecule has 2 aliphatic rings. The van der Waals surface area contributed by atoms with Crippen molar-refractivity contribution in [3.63, 3.8) is 0 Å². The monoisotopic (exact) mass is 269 g/mol. The molecule has 0 amide bonds. The number of piperidine rings is 1. The molecule has 1 heterocycles. The molecule has 0 radical (unpaired) electrons. The average molecular weight is 269 g/mol. The molecular weight excluding hydrogens is 238 g/mol. The Labute approximate surface area is 118 Å². The van der Waals surface area contributed by atoms with E-state index >= 15 is 0 Å². The van der Waals surface area contributed by atoms with Crippen molar-refractivity contribution in [3.8, 4) is 0 Å². The zero-order valence-corrected chi connectivity index (χ0v) is 13.0. The zero-order valence-electron chi connectivity index (χ0n) is 13.0. The Balaban J connectivity index is 1.67. The summed E-state index contributed by atoms with van der Waals surface area (Å²) in [6.45, 7) is 9.63. The molecule has 1 spiro atoms. The highest BCUT2D eigenvalue weighted by Gasteiger charge is 2.37. The molecule has 2 fully saturated rings. The molecule has 1 saturated carbocycles. The van der Waals surface area contributed by atoms with E-state index in [9.17, 15) is 5.11 Å². The normalized spacial score (nSPS) is 25.9. The molecule has 0 aromatic heterocycles. The molecule has 2 rings (SSSR count). The van der Waals surface area contributed by atoms with Crippen LogP contribution in [0.5, 0.6) is 0 Å². The highest BCUT2D eigenvalue weighted by atomic mass is 16.5. The van der Waals surface area contributed by atoms with Crippen LogP contribution in [0.2, 0.25) is 0 Å². The molecule has 1 N–H and O–H groups in total. The van der Waals surface area contributed by atoms with E-state index in [0.29, 0.717) is 12.0 Å². The molecule has 1 aliphatic heterocycles. The maximum absolute atomic E-state index is 10.1. The Morgan fingerprint density at radius 3 is 2.21 bits per heavy atom. The van der Waals surface area contributed by atoms with Crippen molar-refractivity contribution in [1.29, 1.82) is 0 Å². The molecule has 1 saturated heterocycles. The van der Waals surface area contributed by atoms with E-state index in [-0.39, 0.29) is 11.7 Å². The molecule has 1 unspecified atom stereocenters. The minimum atomic E-state index is -0.350. The van der Waals surface area contributed by atoms with Crippen LogP contribution in [0.25, 0.3) is 0 Å². The van der Waals surface area contributed by atoms with E-state index < -0.39 is 0 Å². The van der Waals surface area contributed by atoms with Crippen LogP contribution < -0.4 is 0 Å². The van der Waals surface area contributed by atoms with Crippen molar-refractivity contribution >= 4 is 0 Å². The van der Waals surface area contributed by atoms with Crippen LogP contribution >= 0.6 is 0 Å². The SMILES string of the molecule is CC(C)(C)OCC(O)CN1CCC2(CCCC2)CC1. The number of β-amino-alcohol motifs (C(OH)–C–C–N with tert-alkyl or cyclic N) is 1. The van der Waals surface area contributed by atoms with Crippen LogP contribution in [0.3, 0.4) is 0 Å². The van der Waals surface area contributed by atoms with E-state index in [1.165, 1.54) is 38.5 Å². The molecule has 0 aromatic carbocycles. The van der Waals surface area contributed by atoms with Crippen molar-refractivity contribution in [2.24, 2.45) is 5.41 Å². The predicted molar refractivity (Wildman–Crippen MR) is 78.3 cm³/mol. The van der Waals surface area contributed by atoms with Crippen molar-refractivity contribution in [3.05, 3.63) is 0 Å². The first kappa shape index (κ1) is 15.3. The molecule has 0 bridgehead atoms. The molecule has 112 valence electrons. The summed E-state index contributed by atoms with van der Waals surface area (Å²) in [5, 5.41) is 10.1. The summed E-state index contributed by atoms with van der Waals surface area (Å²) in [5.74, 6) is 0. The van der Waals surface area contributed by atoms with Gasteiger partial charge in [0.05, 0.1) is 18.3 Å². The van der Waals surface area contributed by atoms with Gasteiger partial charge in [0.2, 0.25) is 0 Å². The molecular formula is C16H31NO2. The fourth-order valence-corrected chi connectivity index (χ4v) is 3.53. The summed E-state index contributed by atoms with van der Waals surface area (Å²) >= 11 is 0. The van der Waals surface area contributed by atoms with Gasteiger partial charge in [0.1, 0.15) is 0 Å². The van der Waals surface area contributed by atoms with Gasteiger partial charge < -0.3 is 14.7 Å². The number of hydrogen-bond donors (Lipinski definition) is 1. The molecule has 3 heteroatoms. The third-order valence-electron chi connectivity index (χ3n) is 4.76. The Morgan fingerprint density at radius 2 is 1.68 bits per heavy atom. The van der Waals surface area contributed by atoms with Crippen LogP contribution in [0.4, 0.5) is 0 Å². The van der Waals surface area contributed by atoms with Crippen LogP contribution in [-0.4, -0.2) is 48.0 Å². The van der Waals surface area contributed by atoms with Crippen molar-refractivity contribution in [2.75, 3.05) is 26.2 Å². The number of hydrogen-bond acceptors (Lipinski definition) is 3. The van der Waals surface area contributed by atoms with Gasteiger partial charge in [-0.05, 0) is 65.0 Å². The number of likely N-dealkylation sites (tertiary alicyclic amines) is 1. The van der Waals surface area contributed by atoms with Gasteiger partial charge in [-0.3, -0.25) is 0 Å². The minimum Gasteiger partial charge on any atom is -0.389 e. The highest BCUT2D eigenvalue weighted by Crippen LogP contribution is 2.46. The largest absolute Gasteiger partial charge is 0.389 e. The maximum atomic E-state index is 10.1. The van der Waals surface area contributed by atoms with Gasteiger partial charge in [0.25, 0.3) is 0 Å². The topological polar surface area (TPSA) is 32.7 Å². The fraction of sp³-hybridized carbons (Fsp3) is 1.00. The van der Waals surface area contributed by atoms with Crippen molar-refractivity contribution < 1.29 is 9.84 Å². The molecule has 0 aromatic rings. The lowest BCUT2D eigenvalue weighted by atomic mass is 9.77. The summed E-state index contributed by atoms with van der Waals surface area (Å²) in [5.41, 5.74) is 0.514. The van der Waals surface area contributed by atoms with Gasteiger partial charge in [-0.2, -0.15) is 0 Å². The van der Waals surface area contributed by atoms with Crippen LogP contribution in [0.15, 0.2) is 0 Å². The maximum Gasteiger partial charge on any atom is 0.0900 e. The second-order valence-electron chi connectivity index (χ2n) is 7.58. The van der Waals surface area contributed by atoms with Gasteiger partial charge >= 0.3 is 0 Å². The lowest BCUT2D eigenvalue weighted by molar-refractivity contribution is -0.0595. The molecule has 1 aliphatic carbocycles. The third-order valence-corrected chi connectivity index (χ3v) is 4.76. The lowest BCUT2D eigenvalue weighted by Crippen LogP contribution is -2.43. The first-order chi connectivity index (χ1) is 8.89. The number of aliphatic hydroxyl groups excluding tert-OH is 1. The lowest BCUT2D eigenvalue weighted by Gasteiger charge is -2.40. The summed E-state index contributed by atoms with van der Waals surface area (Å²) in [7, 11) is 0. The van der Waals surface area contributed by atoms with Crippen LogP contribution in [0.1, 0.15) is 59.3 Å². The van der Waals surface area contributed by atoms with Crippen molar-refractivity contribution in [1.82, 2.24) is 4.90 Å². The first-order valence-electron chi connectivity index (χ1n) is 7.93. The summed E-state index contributed by atoms with van der Waals surface area (Å²) in [6, 6.07) is 0. The van der Waals surface area contributed by atoms with Gasteiger partial charge in [-0.1, -0.05) is 12.8 Å². The first-order valence-corrected chi connectivity index (χ1v) is 7.93. The summed E-state index contributed by atoms with van der Waals surface area (Å²) < 4.78 is 5.65. The second-order valence-corrected chi connectivity index (χ2v) is 7.58. The fourth-order valence-electron chi connectivity index (χ4n) is 3.53. The Bertz CT molecular complexity index is 269.